The number of fused-ring (bicyclic) bond motifs is 1. The second-order valence-corrected chi connectivity index (χ2v) is 10.9. The molecule has 2 N–H and O–H groups in total. The van der Waals surface area contributed by atoms with Crippen molar-refractivity contribution >= 4 is 38.5 Å². The van der Waals surface area contributed by atoms with Crippen molar-refractivity contribution in [3.8, 4) is 0 Å². The average Bonchev–Trinajstić information content (AvgIpc) is 3.18. The number of unbranched alkanes of at least 4 members (excludes halogenated alkanes) is 1. The fourth-order valence-electron chi connectivity index (χ4n) is 4.36. The van der Waals surface area contributed by atoms with Crippen LogP contribution >= 0.6 is 11.6 Å². The average molecular weight is 514 g/mol. The third-order valence-corrected chi connectivity index (χ3v) is 7.84. The first-order valence-corrected chi connectivity index (χ1v) is 13.4. The molecule has 1 aliphatic heterocycles. The molecule has 2 aromatic carbocycles. The molecule has 35 heavy (non-hydrogen) atoms. The lowest BCUT2D eigenvalue weighted by Gasteiger charge is -2.22. The van der Waals surface area contributed by atoms with Crippen LogP contribution in [0.2, 0.25) is 5.02 Å². The maximum absolute atomic E-state index is 12.9. The topological polar surface area (TPSA) is 99.6 Å². The zero-order chi connectivity index (χ0) is 24.8. The van der Waals surface area contributed by atoms with Crippen LogP contribution in [-0.2, 0) is 21.4 Å². The molecule has 184 valence electrons. The lowest BCUT2D eigenvalue weighted by atomic mass is 10.1. The predicted molar refractivity (Wildman–Crippen MR) is 137 cm³/mol. The van der Waals surface area contributed by atoms with Gasteiger partial charge in [0.25, 0.3) is 0 Å². The summed E-state index contributed by atoms with van der Waals surface area (Å²) in [6.45, 7) is 1.17. The minimum Gasteiger partial charge on any atom is -0.481 e. The molecule has 2 atom stereocenters. The number of nitrogens with one attached hydrogen (secondary N) is 1. The van der Waals surface area contributed by atoms with Gasteiger partial charge in [-0.15, -0.1) is 0 Å². The van der Waals surface area contributed by atoms with Crippen LogP contribution in [0.4, 0.5) is 0 Å². The molecule has 0 amide bonds. The van der Waals surface area contributed by atoms with Gasteiger partial charge in [0.15, 0.2) is 0 Å². The molecule has 0 unspecified atom stereocenters. The number of benzene rings is 2. The van der Waals surface area contributed by atoms with Crippen molar-refractivity contribution in [3.05, 3.63) is 83.5 Å². The Hall–Kier alpha value is -2.78. The summed E-state index contributed by atoms with van der Waals surface area (Å²) in [7, 11) is -3.68. The standard InChI is InChI=1S/C26H28ClN3O4S/c27-21-10-12-24(13-11-21)35(33,34)29-22-15-23(7-2-1-3-9-26(31)32)30(18-22)17-19-14-20-6-4-5-8-25(20)28-16-19/h2,4-8,10-14,16,22-23,29H,1,3,9,15,17-18H2,(H,31,32)/t22-,23-/m1/s1. The summed E-state index contributed by atoms with van der Waals surface area (Å²) in [6, 6.07) is 15.9. The number of likely N-dealkylation sites (tertiary alicyclic amines) is 1. The Morgan fingerprint density at radius 3 is 2.74 bits per heavy atom. The highest BCUT2D eigenvalue weighted by molar-refractivity contribution is 7.89. The van der Waals surface area contributed by atoms with Crippen LogP contribution in [0.25, 0.3) is 10.9 Å². The molecule has 0 aliphatic carbocycles. The van der Waals surface area contributed by atoms with Gasteiger partial charge in [0.2, 0.25) is 10.0 Å². The molecular weight excluding hydrogens is 486 g/mol. The van der Waals surface area contributed by atoms with Crippen LogP contribution in [0.5, 0.6) is 0 Å². The van der Waals surface area contributed by atoms with Gasteiger partial charge in [-0.1, -0.05) is 42.0 Å². The summed E-state index contributed by atoms with van der Waals surface area (Å²) in [6.07, 6.45) is 7.90. The number of para-hydroxylation sites is 1. The summed E-state index contributed by atoms with van der Waals surface area (Å²) < 4.78 is 28.7. The number of hydrogen-bond acceptors (Lipinski definition) is 5. The molecule has 0 spiro atoms. The predicted octanol–water partition coefficient (Wildman–Crippen LogP) is 4.62. The van der Waals surface area contributed by atoms with Gasteiger partial charge in [-0.2, -0.15) is 0 Å². The third-order valence-electron chi connectivity index (χ3n) is 6.05. The first-order valence-electron chi connectivity index (χ1n) is 11.5. The molecule has 2 heterocycles. The Morgan fingerprint density at radius 1 is 1.20 bits per heavy atom. The molecular formula is C26H28ClN3O4S. The van der Waals surface area contributed by atoms with Gasteiger partial charge in [-0.25, -0.2) is 13.1 Å². The SMILES string of the molecule is O=C(O)CCCC=C[C@@H]1C[C@@H](NS(=O)(=O)c2ccc(Cl)cc2)CN1Cc1cnc2ccccc2c1. The van der Waals surface area contributed by atoms with Crippen molar-refractivity contribution in [3.63, 3.8) is 0 Å². The Bertz CT molecular complexity index is 1310. The fraction of sp³-hybridized carbons (Fsp3) is 0.308. The quantitative estimate of drug-likeness (QED) is 0.303. The van der Waals surface area contributed by atoms with Crippen LogP contribution in [-0.4, -0.2) is 48.0 Å². The number of pyridine rings is 1. The zero-order valence-electron chi connectivity index (χ0n) is 19.2. The van der Waals surface area contributed by atoms with Gasteiger partial charge < -0.3 is 5.11 Å². The summed E-state index contributed by atoms with van der Waals surface area (Å²) in [5.41, 5.74) is 1.98. The van der Waals surface area contributed by atoms with Crippen molar-refractivity contribution < 1.29 is 18.3 Å². The zero-order valence-corrected chi connectivity index (χ0v) is 20.8. The molecule has 4 rings (SSSR count). The van der Waals surface area contributed by atoms with Crippen LogP contribution < -0.4 is 4.72 Å². The third kappa shape index (κ3) is 6.89. The number of hydrogen-bond donors (Lipinski definition) is 2. The highest BCUT2D eigenvalue weighted by Crippen LogP contribution is 2.25. The molecule has 7 nitrogen and oxygen atoms in total. The van der Waals surface area contributed by atoms with E-state index in [2.05, 4.69) is 26.7 Å². The molecule has 3 aromatic rings. The van der Waals surface area contributed by atoms with E-state index in [1.807, 2.05) is 36.5 Å². The summed E-state index contributed by atoms with van der Waals surface area (Å²) in [5, 5.41) is 10.4. The number of carbonyl (C=O) groups is 1. The number of aliphatic carboxylic acids is 1. The lowest BCUT2D eigenvalue weighted by molar-refractivity contribution is -0.137. The number of nitrogens with zero attached hydrogens (tertiary/aromatic N) is 2. The van der Waals surface area contributed by atoms with Crippen LogP contribution in [0.1, 0.15) is 31.2 Å². The van der Waals surface area contributed by atoms with Gasteiger partial charge in [0.1, 0.15) is 0 Å². The second kappa shape index (κ2) is 11.3. The molecule has 0 saturated carbocycles. The molecule has 1 saturated heterocycles. The molecule has 9 heteroatoms. The Labute approximate surface area is 210 Å². The van der Waals surface area contributed by atoms with Crippen LogP contribution in [0.3, 0.4) is 0 Å². The van der Waals surface area contributed by atoms with Crippen molar-refractivity contribution in [1.82, 2.24) is 14.6 Å². The first-order chi connectivity index (χ1) is 16.8. The first kappa shape index (κ1) is 25.3. The highest BCUT2D eigenvalue weighted by atomic mass is 35.5. The normalized spacial score (nSPS) is 19.0. The number of allylic oxidation sites excluding steroid dienone is 1. The summed E-state index contributed by atoms with van der Waals surface area (Å²) in [4.78, 5) is 17.7. The highest BCUT2D eigenvalue weighted by Gasteiger charge is 2.33. The van der Waals surface area contributed by atoms with E-state index in [-0.39, 0.29) is 23.4 Å². The van der Waals surface area contributed by atoms with Crippen LogP contribution in [0.15, 0.2) is 77.8 Å². The van der Waals surface area contributed by atoms with E-state index < -0.39 is 16.0 Å². The summed E-state index contributed by atoms with van der Waals surface area (Å²) in [5.74, 6) is -0.804. The maximum Gasteiger partial charge on any atom is 0.303 e. The van der Waals surface area contributed by atoms with E-state index in [0.29, 0.717) is 37.4 Å². The monoisotopic (exact) mass is 513 g/mol. The number of aromatic nitrogens is 1. The number of rotatable bonds is 10. The van der Waals surface area contributed by atoms with Gasteiger partial charge >= 0.3 is 5.97 Å². The van der Waals surface area contributed by atoms with E-state index in [4.69, 9.17) is 16.7 Å². The lowest BCUT2D eigenvalue weighted by Crippen LogP contribution is -2.37. The van der Waals surface area contributed by atoms with Gasteiger partial charge in [-0.3, -0.25) is 14.7 Å². The van der Waals surface area contributed by atoms with E-state index in [1.165, 1.54) is 12.1 Å². The number of sulfonamides is 1. The van der Waals surface area contributed by atoms with Gasteiger partial charge in [0, 0.05) is 48.2 Å². The van der Waals surface area contributed by atoms with E-state index in [0.717, 1.165) is 16.5 Å². The van der Waals surface area contributed by atoms with E-state index >= 15 is 0 Å². The number of carboxylic acid groups (broad SMARTS) is 1. The smallest absolute Gasteiger partial charge is 0.303 e. The van der Waals surface area contributed by atoms with Crippen molar-refractivity contribution in [1.29, 1.82) is 0 Å². The van der Waals surface area contributed by atoms with Crippen LogP contribution in [0, 0.1) is 0 Å². The molecule has 1 aliphatic rings. The largest absolute Gasteiger partial charge is 0.481 e. The van der Waals surface area contributed by atoms with Crippen molar-refractivity contribution in [2.75, 3.05) is 6.54 Å². The number of halogens is 1. The molecule has 1 fully saturated rings. The Kier molecular flexibility index (Phi) is 8.18. The van der Waals surface area contributed by atoms with E-state index in [9.17, 15) is 13.2 Å². The van der Waals surface area contributed by atoms with E-state index in [1.54, 1.807) is 12.1 Å². The van der Waals surface area contributed by atoms with Crippen molar-refractivity contribution in [2.45, 2.75) is 49.2 Å². The van der Waals surface area contributed by atoms with Gasteiger partial charge in [0.05, 0.1) is 10.4 Å². The molecule has 1 aromatic heterocycles. The second-order valence-electron chi connectivity index (χ2n) is 8.76. The van der Waals surface area contributed by atoms with Gasteiger partial charge in [-0.05, 0) is 61.2 Å². The van der Waals surface area contributed by atoms with Crippen molar-refractivity contribution in [2.24, 2.45) is 0 Å². The summed E-state index contributed by atoms with van der Waals surface area (Å²) >= 11 is 5.90. The minimum absolute atomic E-state index is 0.0178. The fourth-order valence-corrected chi connectivity index (χ4v) is 5.73. The molecule has 0 radical (unpaired) electrons. The number of carboxylic acids is 1. The Balaban J connectivity index is 1.49. The maximum atomic E-state index is 12.9. The Morgan fingerprint density at radius 2 is 1.97 bits per heavy atom. The molecule has 0 bridgehead atoms. The minimum atomic E-state index is -3.68.